The third-order valence-electron chi connectivity index (χ3n) is 6.42. The van der Waals surface area contributed by atoms with Crippen molar-refractivity contribution in [3.63, 3.8) is 0 Å². The zero-order valence-corrected chi connectivity index (χ0v) is 20.6. The Bertz CT molecular complexity index is 952. The van der Waals surface area contributed by atoms with Crippen LogP contribution in [0.25, 0.3) is 0 Å². The van der Waals surface area contributed by atoms with Gasteiger partial charge in [-0.05, 0) is 69.6 Å². The highest BCUT2D eigenvalue weighted by atomic mass is 35.5. The van der Waals surface area contributed by atoms with Gasteiger partial charge >= 0.3 is 5.97 Å². The van der Waals surface area contributed by atoms with Gasteiger partial charge in [-0.25, -0.2) is 13.2 Å². The summed E-state index contributed by atoms with van der Waals surface area (Å²) < 4.78 is 33.2. The first kappa shape index (κ1) is 25.0. The van der Waals surface area contributed by atoms with E-state index >= 15 is 0 Å². The average molecular weight is 485 g/mol. The zero-order chi connectivity index (χ0) is 23.5. The van der Waals surface area contributed by atoms with Gasteiger partial charge in [0.15, 0.2) is 6.10 Å². The molecule has 3 rings (SSSR count). The van der Waals surface area contributed by atoms with Crippen LogP contribution in [0.4, 0.5) is 0 Å². The van der Waals surface area contributed by atoms with E-state index in [1.165, 1.54) is 22.5 Å². The molecular formula is C23H33ClN2O5S. The van der Waals surface area contributed by atoms with E-state index in [0.717, 1.165) is 38.5 Å². The second kappa shape index (κ2) is 10.5. The van der Waals surface area contributed by atoms with Crippen molar-refractivity contribution in [3.05, 3.63) is 28.8 Å². The number of hydrogen-bond acceptors (Lipinski definition) is 5. The van der Waals surface area contributed by atoms with Gasteiger partial charge < -0.3 is 9.64 Å². The lowest BCUT2D eigenvalue weighted by Gasteiger charge is -2.36. The molecule has 2 aliphatic heterocycles. The van der Waals surface area contributed by atoms with Crippen LogP contribution in [0.5, 0.6) is 0 Å². The Labute approximate surface area is 196 Å². The smallest absolute Gasteiger partial charge is 0.338 e. The van der Waals surface area contributed by atoms with Crippen molar-refractivity contribution in [2.45, 2.75) is 76.3 Å². The highest BCUT2D eigenvalue weighted by molar-refractivity contribution is 7.89. The molecule has 1 aromatic carbocycles. The molecule has 178 valence electrons. The predicted molar refractivity (Wildman–Crippen MR) is 123 cm³/mol. The standard InChI is InChI=1S/C23H33ClN2O5S/c1-4-19-9-5-6-13-26(19)22(27)17(3)31-23(28)18-10-11-20(24)21(14-18)32(29,30)25-12-7-8-16(2)15-25/h10-11,14,16-17,19H,4-9,12-13,15H2,1-3H3. The van der Waals surface area contributed by atoms with Crippen molar-refractivity contribution in [3.8, 4) is 0 Å². The number of halogens is 1. The van der Waals surface area contributed by atoms with Crippen molar-refractivity contribution in [2.75, 3.05) is 19.6 Å². The van der Waals surface area contributed by atoms with Gasteiger partial charge in [0.05, 0.1) is 10.6 Å². The Morgan fingerprint density at radius 1 is 1.19 bits per heavy atom. The summed E-state index contributed by atoms with van der Waals surface area (Å²) in [6.07, 6.45) is 4.66. The van der Waals surface area contributed by atoms with E-state index in [4.69, 9.17) is 16.3 Å². The SMILES string of the molecule is CCC1CCCCN1C(=O)C(C)OC(=O)c1ccc(Cl)c(S(=O)(=O)N2CCCC(C)C2)c1. The summed E-state index contributed by atoms with van der Waals surface area (Å²) in [5, 5.41) is 0.0583. The highest BCUT2D eigenvalue weighted by Crippen LogP contribution is 2.29. The molecule has 0 bridgehead atoms. The molecule has 7 nitrogen and oxygen atoms in total. The van der Waals surface area contributed by atoms with Gasteiger partial charge in [0.2, 0.25) is 10.0 Å². The van der Waals surface area contributed by atoms with E-state index in [0.29, 0.717) is 19.6 Å². The molecule has 2 aliphatic rings. The number of rotatable bonds is 6. The lowest BCUT2D eigenvalue weighted by atomic mass is 9.99. The minimum Gasteiger partial charge on any atom is -0.449 e. The zero-order valence-electron chi connectivity index (χ0n) is 19.0. The number of likely N-dealkylation sites (tertiary alicyclic amines) is 1. The second-order valence-electron chi connectivity index (χ2n) is 8.89. The Balaban J connectivity index is 1.75. The van der Waals surface area contributed by atoms with Crippen molar-refractivity contribution >= 4 is 33.5 Å². The van der Waals surface area contributed by atoms with Crippen molar-refractivity contribution in [1.29, 1.82) is 0 Å². The molecule has 9 heteroatoms. The summed E-state index contributed by atoms with van der Waals surface area (Å²) in [6, 6.07) is 4.24. The molecule has 0 saturated carbocycles. The maximum atomic E-state index is 13.2. The Kier molecular flexibility index (Phi) is 8.22. The molecule has 0 aromatic heterocycles. The summed E-state index contributed by atoms with van der Waals surface area (Å²) in [5.74, 6) is -0.691. The van der Waals surface area contributed by atoms with Crippen LogP contribution < -0.4 is 0 Å². The van der Waals surface area contributed by atoms with Crippen LogP contribution >= 0.6 is 11.6 Å². The molecule has 0 aliphatic carbocycles. The predicted octanol–water partition coefficient (Wildman–Crippen LogP) is 4.10. The molecule has 1 aromatic rings. The topological polar surface area (TPSA) is 84.0 Å². The Hall–Kier alpha value is -1.64. The first-order valence-electron chi connectivity index (χ1n) is 11.5. The second-order valence-corrected chi connectivity index (χ2v) is 11.2. The third-order valence-corrected chi connectivity index (χ3v) is 8.76. The van der Waals surface area contributed by atoms with Gasteiger partial charge in [0.1, 0.15) is 4.90 Å². The number of carbonyl (C=O) groups excluding carboxylic acids is 2. The van der Waals surface area contributed by atoms with Gasteiger partial charge in [-0.15, -0.1) is 0 Å². The van der Waals surface area contributed by atoms with E-state index in [1.54, 1.807) is 11.8 Å². The quantitative estimate of drug-likeness (QED) is 0.567. The molecule has 0 spiro atoms. The third kappa shape index (κ3) is 5.46. The van der Waals surface area contributed by atoms with Crippen LogP contribution in [0, 0.1) is 5.92 Å². The molecule has 3 atom stereocenters. The molecule has 2 saturated heterocycles. The number of benzene rings is 1. The summed E-state index contributed by atoms with van der Waals surface area (Å²) in [7, 11) is -3.84. The van der Waals surface area contributed by atoms with E-state index in [-0.39, 0.29) is 33.3 Å². The van der Waals surface area contributed by atoms with Gasteiger partial charge in [-0.3, -0.25) is 4.79 Å². The fourth-order valence-corrected chi connectivity index (χ4v) is 6.66. The monoisotopic (exact) mass is 484 g/mol. The first-order valence-corrected chi connectivity index (χ1v) is 13.3. The number of sulfonamides is 1. The van der Waals surface area contributed by atoms with Crippen molar-refractivity contribution in [1.82, 2.24) is 9.21 Å². The van der Waals surface area contributed by atoms with Crippen LogP contribution in [0.1, 0.15) is 69.7 Å². The molecule has 3 unspecified atom stereocenters. The maximum Gasteiger partial charge on any atom is 0.338 e. The normalized spacial score (nSPS) is 23.6. The van der Waals surface area contributed by atoms with E-state index in [2.05, 4.69) is 0 Å². The van der Waals surface area contributed by atoms with Crippen LogP contribution in [-0.2, 0) is 19.6 Å². The number of esters is 1. The first-order chi connectivity index (χ1) is 15.1. The summed E-state index contributed by atoms with van der Waals surface area (Å²) >= 11 is 6.21. The fourth-order valence-electron chi connectivity index (χ4n) is 4.56. The van der Waals surface area contributed by atoms with E-state index in [1.807, 2.05) is 13.8 Å². The van der Waals surface area contributed by atoms with Crippen LogP contribution in [0.3, 0.4) is 0 Å². The van der Waals surface area contributed by atoms with E-state index < -0.39 is 22.1 Å². The molecule has 2 heterocycles. The lowest BCUT2D eigenvalue weighted by Crippen LogP contribution is -2.48. The molecule has 0 N–H and O–H groups in total. The summed E-state index contributed by atoms with van der Waals surface area (Å²) in [4.78, 5) is 27.3. The summed E-state index contributed by atoms with van der Waals surface area (Å²) in [6.45, 7) is 7.14. The summed E-state index contributed by atoms with van der Waals surface area (Å²) in [5.41, 5.74) is 0.0587. The van der Waals surface area contributed by atoms with Crippen molar-refractivity contribution < 1.29 is 22.7 Å². The van der Waals surface area contributed by atoms with Crippen LogP contribution in [0.2, 0.25) is 5.02 Å². The van der Waals surface area contributed by atoms with Gasteiger partial charge in [0.25, 0.3) is 5.91 Å². The van der Waals surface area contributed by atoms with Crippen LogP contribution in [-0.4, -0.2) is 61.3 Å². The maximum absolute atomic E-state index is 13.2. The van der Waals surface area contributed by atoms with Gasteiger partial charge in [-0.2, -0.15) is 4.31 Å². The number of ether oxygens (including phenoxy) is 1. The largest absolute Gasteiger partial charge is 0.449 e. The highest BCUT2D eigenvalue weighted by Gasteiger charge is 2.33. The molecular weight excluding hydrogens is 452 g/mol. The number of carbonyl (C=O) groups is 2. The number of hydrogen-bond donors (Lipinski definition) is 0. The minimum absolute atomic E-state index is 0.0583. The lowest BCUT2D eigenvalue weighted by molar-refractivity contribution is -0.143. The van der Waals surface area contributed by atoms with Gasteiger partial charge in [-0.1, -0.05) is 25.4 Å². The molecule has 32 heavy (non-hydrogen) atoms. The van der Waals surface area contributed by atoms with Gasteiger partial charge in [0, 0.05) is 25.7 Å². The van der Waals surface area contributed by atoms with Crippen LogP contribution in [0.15, 0.2) is 23.1 Å². The minimum atomic E-state index is -3.84. The molecule has 0 radical (unpaired) electrons. The number of piperidine rings is 2. The number of amides is 1. The number of nitrogens with zero attached hydrogens (tertiary/aromatic N) is 2. The molecule has 2 fully saturated rings. The Morgan fingerprint density at radius 2 is 1.94 bits per heavy atom. The Morgan fingerprint density at radius 3 is 2.62 bits per heavy atom. The average Bonchev–Trinajstić information content (AvgIpc) is 2.78. The van der Waals surface area contributed by atoms with Crippen molar-refractivity contribution in [2.24, 2.45) is 5.92 Å². The van der Waals surface area contributed by atoms with E-state index in [9.17, 15) is 18.0 Å². The molecule has 1 amide bonds. The fraction of sp³-hybridized carbons (Fsp3) is 0.652.